The second-order valence-electron chi connectivity index (χ2n) is 5.69. The monoisotopic (exact) mass is 350 g/mol. The van der Waals surface area contributed by atoms with Crippen molar-refractivity contribution in [3.05, 3.63) is 78.0 Å². The van der Waals surface area contributed by atoms with Crippen LogP contribution in [0.2, 0.25) is 0 Å². The molecule has 0 fully saturated rings. The predicted molar refractivity (Wildman–Crippen MR) is 102 cm³/mol. The highest BCUT2D eigenvalue weighted by Crippen LogP contribution is 2.29. The molecule has 0 spiro atoms. The van der Waals surface area contributed by atoms with Crippen molar-refractivity contribution in [2.75, 3.05) is 19.5 Å². The standard InChI is InChI=1S/C21H22N2O3/c1-24-18-7-5-6-17(12-18)15-26-19-10-9-16(13-20(19)25-2)14-23-21-8-3-4-11-22-21/h3-13H,14-15H2,1-2H3,(H,22,23). The van der Waals surface area contributed by atoms with Crippen molar-refractivity contribution < 1.29 is 14.2 Å². The number of benzene rings is 2. The number of hydrogen-bond donors (Lipinski definition) is 1. The SMILES string of the molecule is COc1cccc(COc2ccc(CNc3ccccn3)cc2OC)c1. The molecule has 0 radical (unpaired) electrons. The van der Waals surface area contributed by atoms with Crippen LogP contribution in [0.25, 0.3) is 0 Å². The first-order chi connectivity index (χ1) is 12.8. The number of pyridine rings is 1. The van der Waals surface area contributed by atoms with Gasteiger partial charge in [0.2, 0.25) is 0 Å². The third-order valence-corrected chi connectivity index (χ3v) is 3.90. The van der Waals surface area contributed by atoms with E-state index in [-0.39, 0.29) is 0 Å². The van der Waals surface area contributed by atoms with E-state index in [1.54, 1.807) is 20.4 Å². The quantitative estimate of drug-likeness (QED) is 0.657. The van der Waals surface area contributed by atoms with E-state index in [1.807, 2.05) is 60.7 Å². The second-order valence-corrected chi connectivity index (χ2v) is 5.69. The number of anilines is 1. The summed E-state index contributed by atoms with van der Waals surface area (Å²) >= 11 is 0. The molecule has 0 atom stereocenters. The minimum absolute atomic E-state index is 0.444. The van der Waals surface area contributed by atoms with Gasteiger partial charge in [-0.05, 0) is 47.5 Å². The first kappa shape index (κ1) is 17.6. The van der Waals surface area contributed by atoms with Gasteiger partial charge in [0, 0.05) is 12.7 Å². The minimum atomic E-state index is 0.444. The van der Waals surface area contributed by atoms with Crippen molar-refractivity contribution in [2.24, 2.45) is 0 Å². The molecular weight excluding hydrogens is 328 g/mol. The topological polar surface area (TPSA) is 52.6 Å². The Labute approximate surface area is 153 Å². The van der Waals surface area contributed by atoms with Crippen molar-refractivity contribution in [3.63, 3.8) is 0 Å². The predicted octanol–water partition coefficient (Wildman–Crippen LogP) is 4.29. The first-order valence-corrected chi connectivity index (χ1v) is 8.36. The van der Waals surface area contributed by atoms with Gasteiger partial charge in [-0.2, -0.15) is 0 Å². The van der Waals surface area contributed by atoms with E-state index in [1.165, 1.54) is 0 Å². The van der Waals surface area contributed by atoms with Gasteiger partial charge in [-0.25, -0.2) is 4.98 Å². The molecule has 0 bridgehead atoms. The Hall–Kier alpha value is -3.21. The number of methoxy groups -OCH3 is 2. The average Bonchev–Trinajstić information content (AvgIpc) is 2.72. The number of nitrogens with one attached hydrogen (secondary N) is 1. The summed E-state index contributed by atoms with van der Waals surface area (Å²) in [4.78, 5) is 4.25. The normalized spacial score (nSPS) is 10.2. The van der Waals surface area contributed by atoms with Crippen molar-refractivity contribution in [2.45, 2.75) is 13.2 Å². The summed E-state index contributed by atoms with van der Waals surface area (Å²) in [5.74, 6) is 3.06. The minimum Gasteiger partial charge on any atom is -0.497 e. The number of ether oxygens (including phenoxy) is 3. The van der Waals surface area contributed by atoms with Crippen LogP contribution in [0.4, 0.5) is 5.82 Å². The van der Waals surface area contributed by atoms with Crippen LogP contribution < -0.4 is 19.5 Å². The number of hydrogen-bond acceptors (Lipinski definition) is 5. The van der Waals surface area contributed by atoms with E-state index >= 15 is 0 Å². The molecule has 0 amide bonds. The van der Waals surface area contributed by atoms with E-state index < -0.39 is 0 Å². The van der Waals surface area contributed by atoms with Gasteiger partial charge in [-0.15, -0.1) is 0 Å². The van der Waals surface area contributed by atoms with E-state index in [0.29, 0.717) is 24.7 Å². The zero-order chi connectivity index (χ0) is 18.2. The maximum atomic E-state index is 5.92. The summed E-state index contributed by atoms with van der Waals surface area (Å²) in [6.45, 7) is 1.10. The first-order valence-electron chi connectivity index (χ1n) is 8.36. The summed E-state index contributed by atoms with van der Waals surface area (Å²) in [6, 6.07) is 19.5. The maximum Gasteiger partial charge on any atom is 0.161 e. The van der Waals surface area contributed by atoms with Crippen LogP contribution in [0.15, 0.2) is 66.9 Å². The van der Waals surface area contributed by atoms with E-state index in [4.69, 9.17) is 14.2 Å². The molecular formula is C21H22N2O3. The molecule has 1 heterocycles. The Morgan fingerprint density at radius 2 is 1.77 bits per heavy atom. The smallest absolute Gasteiger partial charge is 0.161 e. The molecule has 1 N–H and O–H groups in total. The van der Waals surface area contributed by atoms with Gasteiger partial charge in [0.05, 0.1) is 14.2 Å². The lowest BCUT2D eigenvalue weighted by Crippen LogP contribution is -2.02. The Morgan fingerprint density at radius 3 is 2.54 bits per heavy atom. The highest BCUT2D eigenvalue weighted by Gasteiger charge is 2.07. The summed E-state index contributed by atoms with van der Waals surface area (Å²) in [5, 5.41) is 3.28. The van der Waals surface area contributed by atoms with Gasteiger partial charge in [-0.3, -0.25) is 0 Å². The van der Waals surface area contributed by atoms with E-state index in [9.17, 15) is 0 Å². The molecule has 5 nitrogen and oxygen atoms in total. The van der Waals surface area contributed by atoms with Gasteiger partial charge in [0.15, 0.2) is 11.5 Å². The van der Waals surface area contributed by atoms with Gasteiger partial charge < -0.3 is 19.5 Å². The summed E-state index contributed by atoms with van der Waals surface area (Å²) in [6.07, 6.45) is 1.76. The summed E-state index contributed by atoms with van der Waals surface area (Å²) in [7, 11) is 3.30. The molecule has 0 saturated heterocycles. The highest BCUT2D eigenvalue weighted by atomic mass is 16.5. The van der Waals surface area contributed by atoms with Gasteiger partial charge in [-0.1, -0.05) is 24.3 Å². The van der Waals surface area contributed by atoms with Gasteiger partial charge in [0.1, 0.15) is 18.2 Å². The number of aromatic nitrogens is 1. The maximum absolute atomic E-state index is 5.92. The lowest BCUT2D eigenvalue weighted by Gasteiger charge is -2.13. The van der Waals surface area contributed by atoms with Crippen LogP contribution in [0.5, 0.6) is 17.2 Å². The van der Waals surface area contributed by atoms with Gasteiger partial charge >= 0.3 is 0 Å². The summed E-state index contributed by atoms with van der Waals surface area (Å²) in [5.41, 5.74) is 2.12. The van der Waals surface area contributed by atoms with Crippen LogP contribution in [0.1, 0.15) is 11.1 Å². The molecule has 0 aliphatic carbocycles. The molecule has 134 valence electrons. The lowest BCUT2D eigenvalue weighted by molar-refractivity contribution is 0.283. The van der Waals surface area contributed by atoms with Crippen molar-refractivity contribution in [1.82, 2.24) is 4.98 Å². The zero-order valence-electron chi connectivity index (χ0n) is 14.9. The average molecular weight is 350 g/mol. The molecule has 0 aliphatic rings. The second kappa shape index (κ2) is 8.76. The van der Waals surface area contributed by atoms with Crippen LogP contribution in [-0.4, -0.2) is 19.2 Å². The Balaban J connectivity index is 1.64. The Bertz CT molecular complexity index is 838. The molecule has 5 heteroatoms. The molecule has 26 heavy (non-hydrogen) atoms. The fourth-order valence-corrected chi connectivity index (χ4v) is 2.52. The van der Waals surface area contributed by atoms with Crippen LogP contribution in [0, 0.1) is 0 Å². The Kier molecular flexibility index (Phi) is 5.93. The van der Waals surface area contributed by atoms with Crippen molar-refractivity contribution in [1.29, 1.82) is 0 Å². The third-order valence-electron chi connectivity index (χ3n) is 3.90. The third kappa shape index (κ3) is 4.66. The fraction of sp³-hybridized carbons (Fsp3) is 0.190. The molecule has 2 aromatic carbocycles. The van der Waals surface area contributed by atoms with Crippen LogP contribution in [-0.2, 0) is 13.2 Å². The molecule has 0 unspecified atom stereocenters. The molecule has 0 saturated carbocycles. The zero-order valence-corrected chi connectivity index (χ0v) is 14.9. The molecule has 3 aromatic rings. The fourth-order valence-electron chi connectivity index (χ4n) is 2.52. The molecule has 0 aliphatic heterocycles. The van der Waals surface area contributed by atoms with Crippen LogP contribution in [0.3, 0.4) is 0 Å². The number of nitrogens with zero attached hydrogens (tertiary/aromatic N) is 1. The molecule has 1 aromatic heterocycles. The largest absolute Gasteiger partial charge is 0.497 e. The van der Waals surface area contributed by atoms with Gasteiger partial charge in [0.25, 0.3) is 0 Å². The van der Waals surface area contributed by atoms with E-state index in [0.717, 1.165) is 22.7 Å². The Morgan fingerprint density at radius 1 is 0.846 bits per heavy atom. The summed E-state index contributed by atoms with van der Waals surface area (Å²) < 4.78 is 16.6. The lowest BCUT2D eigenvalue weighted by atomic mass is 10.2. The molecule has 3 rings (SSSR count). The van der Waals surface area contributed by atoms with Crippen molar-refractivity contribution >= 4 is 5.82 Å². The van der Waals surface area contributed by atoms with Crippen molar-refractivity contribution in [3.8, 4) is 17.2 Å². The van der Waals surface area contributed by atoms with E-state index in [2.05, 4.69) is 10.3 Å². The number of rotatable bonds is 8. The highest BCUT2D eigenvalue weighted by molar-refractivity contribution is 5.44. The van der Waals surface area contributed by atoms with Crippen LogP contribution >= 0.6 is 0 Å².